The molecule has 1 aromatic heterocycles. The molecular formula is C53H67N5O5. The third kappa shape index (κ3) is 11.7. The summed E-state index contributed by atoms with van der Waals surface area (Å²) in [6.07, 6.45) is 7.70. The Hall–Kier alpha value is -5.58. The molecule has 4 aromatic carbocycles. The van der Waals surface area contributed by atoms with Gasteiger partial charge in [-0.2, -0.15) is 0 Å². The Morgan fingerprint density at radius 1 is 0.762 bits per heavy atom. The Morgan fingerprint density at radius 2 is 1.29 bits per heavy atom. The van der Waals surface area contributed by atoms with Gasteiger partial charge in [-0.3, -0.25) is 14.4 Å². The number of likely N-dealkylation sites (N-methyl/N-ethyl adjacent to an activating group) is 1. The third-order valence-electron chi connectivity index (χ3n) is 12.9. The van der Waals surface area contributed by atoms with E-state index in [0.29, 0.717) is 24.5 Å². The zero-order valence-electron chi connectivity index (χ0n) is 37.7. The number of rotatable bonds is 20. The lowest BCUT2D eigenvalue weighted by molar-refractivity contribution is -0.143. The van der Waals surface area contributed by atoms with Gasteiger partial charge in [-0.25, -0.2) is 4.98 Å². The van der Waals surface area contributed by atoms with E-state index in [9.17, 15) is 24.6 Å². The van der Waals surface area contributed by atoms with Gasteiger partial charge in [-0.1, -0.05) is 167 Å². The molecule has 1 aliphatic carbocycles. The fourth-order valence-electron chi connectivity index (χ4n) is 9.37. The number of benzene rings is 4. The zero-order valence-corrected chi connectivity index (χ0v) is 37.7. The van der Waals surface area contributed by atoms with Crippen molar-refractivity contribution in [3.8, 4) is 0 Å². The maximum atomic E-state index is 15.0. The number of hydrogen-bond acceptors (Lipinski definition) is 6. The number of aliphatic hydroxyl groups is 2. The van der Waals surface area contributed by atoms with Crippen molar-refractivity contribution in [3.05, 3.63) is 162 Å². The van der Waals surface area contributed by atoms with Crippen LogP contribution in [-0.4, -0.2) is 86.2 Å². The van der Waals surface area contributed by atoms with Crippen molar-refractivity contribution >= 4 is 17.7 Å². The summed E-state index contributed by atoms with van der Waals surface area (Å²) in [6, 6.07) is 39.2. The molecule has 0 spiro atoms. The van der Waals surface area contributed by atoms with Crippen LogP contribution in [0, 0.1) is 17.8 Å². The lowest BCUT2D eigenvalue weighted by Crippen LogP contribution is -2.52. The van der Waals surface area contributed by atoms with E-state index in [-0.39, 0.29) is 37.1 Å². The van der Waals surface area contributed by atoms with Gasteiger partial charge in [0.2, 0.25) is 17.7 Å². The molecule has 10 heteroatoms. The Labute approximate surface area is 374 Å². The summed E-state index contributed by atoms with van der Waals surface area (Å²) in [5.74, 6) is -1.48. The first-order chi connectivity index (χ1) is 30.4. The smallest absolute Gasteiger partial charge is 0.241 e. The average molecular weight is 854 g/mol. The summed E-state index contributed by atoms with van der Waals surface area (Å²) in [5, 5.41) is 26.1. The van der Waals surface area contributed by atoms with Crippen LogP contribution in [0.25, 0.3) is 0 Å². The lowest BCUT2D eigenvalue weighted by atomic mass is 9.77. The number of nitrogens with one attached hydrogen (secondary N) is 1. The van der Waals surface area contributed by atoms with E-state index in [1.54, 1.807) is 25.3 Å². The minimum atomic E-state index is -1.19. The lowest BCUT2D eigenvalue weighted by Gasteiger charge is -2.37. The van der Waals surface area contributed by atoms with E-state index in [1.165, 1.54) is 4.90 Å². The fourth-order valence-corrected chi connectivity index (χ4v) is 9.37. The molecule has 1 heterocycles. The minimum absolute atomic E-state index is 0.106. The van der Waals surface area contributed by atoms with Crippen LogP contribution in [0.1, 0.15) is 106 Å². The Balaban J connectivity index is 1.41. The number of aromatic nitrogens is 2. The number of carbonyl (C=O) groups excluding carboxylic acids is 3. The molecule has 63 heavy (non-hydrogen) atoms. The van der Waals surface area contributed by atoms with E-state index in [4.69, 9.17) is 4.98 Å². The molecule has 5 atom stereocenters. The van der Waals surface area contributed by atoms with Crippen LogP contribution in [0.2, 0.25) is 0 Å². The first-order valence-electron chi connectivity index (χ1n) is 22.8. The van der Waals surface area contributed by atoms with Gasteiger partial charge in [0.05, 0.1) is 36.1 Å². The summed E-state index contributed by atoms with van der Waals surface area (Å²) in [7, 11) is 3.33. The summed E-state index contributed by atoms with van der Waals surface area (Å²) < 4.78 is 2.09. The second kappa shape index (κ2) is 22.2. The molecule has 6 rings (SSSR count). The summed E-state index contributed by atoms with van der Waals surface area (Å²) in [6.45, 7) is 5.73. The topological polar surface area (TPSA) is 128 Å². The molecule has 0 radical (unpaired) electrons. The van der Waals surface area contributed by atoms with Gasteiger partial charge in [0.1, 0.15) is 18.2 Å². The largest absolute Gasteiger partial charge is 0.390 e. The Kier molecular flexibility index (Phi) is 16.5. The number of hydrogen-bond donors (Lipinski definition) is 3. The molecule has 3 amide bonds. The van der Waals surface area contributed by atoms with E-state index >= 15 is 0 Å². The van der Waals surface area contributed by atoms with Crippen LogP contribution in [0.4, 0.5) is 0 Å². The minimum Gasteiger partial charge on any atom is -0.390 e. The molecule has 0 bridgehead atoms. The monoisotopic (exact) mass is 854 g/mol. The summed E-state index contributed by atoms with van der Waals surface area (Å²) in [5.41, 5.74) is 3.69. The molecule has 10 nitrogen and oxygen atoms in total. The van der Waals surface area contributed by atoms with Gasteiger partial charge in [0, 0.05) is 33.1 Å². The van der Waals surface area contributed by atoms with Crippen LogP contribution >= 0.6 is 0 Å². The molecule has 5 aromatic rings. The normalized spacial score (nSPS) is 15.8. The highest BCUT2D eigenvalue weighted by atomic mass is 16.3. The number of imidazole rings is 1. The van der Waals surface area contributed by atoms with Crippen molar-refractivity contribution in [2.24, 2.45) is 17.8 Å². The van der Waals surface area contributed by atoms with Gasteiger partial charge in [-0.15, -0.1) is 0 Å². The van der Waals surface area contributed by atoms with E-state index in [0.717, 1.165) is 54.4 Å². The number of nitrogens with zero attached hydrogens (tertiary/aromatic N) is 4. The highest BCUT2D eigenvalue weighted by molar-refractivity contribution is 5.89. The van der Waals surface area contributed by atoms with Crippen LogP contribution in [0.15, 0.2) is 134 Å². The molecule has 334 valence electrons. The number of aliphatic hydroxyl groups excluding tert-OH is 2. The molecule has 1 fully saturated rings. The van der Waals surface area contributed by atoms with Crippen LogP contribution in [-0.2, 0) is 26.3 Å². The summed E-state index contributed by atoms with van der Waals surface area (Å²) in [4.78, 5) is 51.0. The maximum absolute atomic E-state index is 15.0. The predicted octanol–water partition coefficient (Wildman–Crippen LogP) is 8.17. The molecular weight excluding hydrogens is 787 g/mol. The molecule has 0 aliphatic heterocycles. The standard InChI is InChI=1S/C53H67N5O5/c1-38(2)31-48(59)51(62)47(32-40-21-11-6-12-22-40)55-52(63)42(34-49(60)58(36-50(61)56(4)5)39(3)41-23-13-7-14-24-41)33-46-35-57(37-54-46)53(43-25-15-8-16-26-43,44-27-17-9-18-28-44)45-29-19-10-20-30-45/h7-10,13-20,23-30,35,37-40,42,47-48,51,59,62H,6,11-12,21-22,31-34,36H2,1-5H3,(H,55,63)/t39-,42+,47-,48-,51+/m0/s1. The number of carbonyl (C=O) groups is 3. The van der Waals surface area contributed by atoms with E-state index in [1.807, 2.05) is 112 Å². The highest BCUT2D eigenvalue weighted by Crippen LogP contribution is 2.41. The quantitative estimate of drug-likeness (QED) is 0.0679. The highest BCUT2D eigenvalue weighted by Gasteiger charge is 2.40. The molecule has 1 saturated carbocycles. The fraction of sp³-hybridized carbons (Fsp3) is 0.434. The maximum Gasteiger partial charge on any atom is 0.241 e. The molecule has 0 saturated heterocycles. The Bertz CT molecular complexity index is 2080. The van der Waals surface area contributed by atoms with Crippen LogP contribution in [0.5, 0.6) is 0 Å². The van der Waals surface area contributed by atoms with Crippen LogP contribution in [0.3, 0.4) is 0 Å². The first-order valence-corrected chi connectivity index (χ1v) is 22.8. The van der Waals surface area contributed by atoms with Crippen molar-refractivity contribution in [1.82, 2.24) is 24.7 Å². The van der Waals surface area contributed by atoms with Gasteiger partial charge < -0.3 is 29.9 Å². The Morgan fingerprint density at radius 3 is 1.79 bits per heavy atom. The summed E-state index contributed by atoms with van der Waals surface area (Å²) >= 11 is 0. The van der Waals surface area contributed by atoms with Gasteiger partial charge in [0.25, 0.3) is 0 Å². The van der Waals surface area contributed by atoms with E-state index in [2.05, 4.69) is 46.3 Å². The SMILES string of the molecule is CC(C)C[C@H](O)[C@H](O)[C@H](CC1CCCCC1)NC(=O)[C@@H](CC(=O)N(CC(=O)N(C)C)[C@@H](C)c1ccccc1)Cc1cn(C(c2ccccc2)(c2ccccc2)c2ccccc2)cn1. The van der Waals surface area contributed by atoms with E-state index < -0.39 is 41.7 Å². The average Bonchev–Trinajstić information content (AvgIpc) is 3.77. The second-order valence-corrected chi connectivity index (χ2v) is 18.1. The zero-order chi connectivity index (χ0) is 44.9. The molecule has 0 unspecified atom stereocenters. The van der Waals surface area contributed by atoms with Gasteiger partial charge >= 0.3 is 0 Å². The van der Waals surface area contributed by atoms with Crippen molar-refractivity contribution in [2.45, 2.75) is 108 Å². The van der Waals surface area contributed by atoms with Crippen molar-refractivity contribution in [2.75, 3.05) is 20.6 Å². The van der Waals surface area contributed by atoms with Crippen molar-refractivity contribution in [1.29, 1.82) is 0 Å². The second-order valence-electron chi connectivity index (χ2n) is 18.1. The van der Waals surface area contributed by atoms with Gasteiger partial charge in [-0.05, 0) is 53.9 Å². The molecule has 3 N–H and O–H groups in total. The molecule has 1 aliphatic rings. The predicted molar refractivity (Wildman–Crippen MR) is 248 cm³/mol. The van der Waals surface area contributed by atoms with Crippen molar-refractivity contribution < 1.29 is 24.6 Å². The van der Waals surface area contributed by atoms with Gasteiger partial charge in [0.15, 0.2) is 0 Å². The number of amides is 3. The third-order valence-corrected chi connectivity index (χ3v) is 12.9. The first kappa shape index (κ1) is 46.9. The van der Waals surface area contributed by atoms with Crippen LogP contribution < -0.4 is 5.32 Å². The van der Waals surface area contributed by atoms with Crippen molar-refractivity contribution in [3.63, 3.8) is 0 Å².